The third-order valence-electron chi connectivity index (χ3n) is 5.36. The Morgan fingerprint density at radius 2 is 1.70 bits per heavy atom. The number of carbonyl (C=O) groups excluding carboxylic acids is 3. The van der Waals surface area contributed by atoms with Crippen molar-refractivity contribution < 1.29 is 58.9 Å². The topological polar surface area (TPSA) is 233 Å². The second-order valence-corrected chi connectivity index (χ2v) is 10.2. The average Bonchev–Trinajstić information content (AvgIpc) is 2.91. The number of thiol groups is 1. The summed E-state index contributed by atoms with van der Waals surface area (Å²) in [7, 11) is 0. The Kier molecular flexibility index (Phi) is 17.1. The van der Waals surface area contributed by atoms with Crippen LogP contribution in [0.25, 0.3) is 0 Å². The monoisotopic (exact) mass is 613 g/mol. The fourth-order valence-corrected chi connectivity index (χ4v) is 4.49. The van der Waals surface area contributed by atoms with E-state index in [1.54, 1.807) is 0 Å². The molecule has 1 heterocycles. The summed E-state index contributed by atoms with van der Waals surface area (Å²) in [6.07, 6.45) is -3.43. The molecule has 0 aromatic carbocycles. The SMILES string of the molecule is CC(=O)N[C@@H]1C(O)=CC(SCC(=O)NCCOCCOCCNC(=O)CCCS)(C(=O)O)OC1[C@H](O)[C@H](O)CO. The minimum Gasteiger partial charge on any atom is -0.510 e. The average molecular weight is 614 g/mol. The Hall–Kier alpha value is -2.12. The molecule has 5 atom stereocenters. The van der Waals surface area contributed by atoms with Crippen LogP contribution in [0.1, 0.15) is 19.8 Å². The third kappa shape index (κ3) is 12.6. The van der Waals surface area contributed by atoms with Crippen molar-refractivity contribution in [2.75, 3.05) is 57.6 Å². The molecule has 0 saturated heterocycles. The van der Waals surface area contributed by atoms with Crippen molar-refractivity contribution in [3.8, 4) is 0 Å². The highest BCUT2D eigenvalue weighted by molar-refractivity contribution is 8.02. The maximum absolute atomic E-state index is 12.3. The molecule has 1 aliphatic heterocycles. The number of carboxylic acid groups (broad SMARTS) is 1. The summed E-state index contributed by atoms with van der Waals surface area (Å²) in [5.41, 5.74) is 0. The van der Waals surface area contributed by atoms with E-state index in [2.05, 4.69) is 28.6 Å². The highest BCUT2D eigenvalue weighted by atomic mass is 32.2. The van der Waals surface area contributed by atoms with Crippen LogP contribution in [0.2, 0.25) is 0 Å². The second-order valence-electron chi connectivity index (χ2n) is 8.58. The van der Waals surface area contributed by atoms with Gasteiger partial charge in [-0.1, -0.05) is 0 Å². The van der Waals surface area contributed by atoms with Crippen LogP contribution in [0, 0.1) is 0 Å². The molecule has 0 saturated carbocycles. The fourth-order valence-electron chi connectivity index (χ4n) is 3.37. The number of aliphatic hydroxyl groups is 4. The van der Waals surface area contributed by atoms with Gasteiger partial charge in [0.05, 0.1) is 38.8 Å². The van der Waals surface area contributed by atoms with E-state index in [1.165, 1.54) is 0 Å². The summed E-state index contributed by atoms with van der Waals surface area (Å²) in [5, 5.41) is 57.3. The van der Waals surface area contributed by atoms with E-state index in [-0.39, 0.29) is 32.3 Å². The number of nitrogens with one attached hydrogen (secondary N) is 3. The molecule has 0 bridgehead atoms. The molecule has 0 aliphatic carbocycles. The molecule has 17 heteroatoms. The predicted octanol–water partition coefficient (Wildman–Crippen LogP) is -2.46. The minimum absolute atomic E-state index is 0.0629. The van der Waals surface area contributed by atoms with E-state index in [0.29, 0.717) is 43.5 Å². The van der Waals surface area contributed by atoms with Gasteiger partial charge in [-0.15, -0.1) is 11.8 Å². The molecule has 0 radical (unpaired) electrons. The van der Waals surface area contributed by atoms with Crippen molar-refractivity contribution in [1.29, 1.82) is 0 Å². The molecule has 1 aliphatic rings. The minimum atomic E-state index is -2.35. The molecule has 8 N–H and O–H groups in total. The summed E-state index contributed by atoms with van der Waals surface area (Å²) < 4.78 is 16.2. The number of aliphatic carboxylic acids is 1. The molecule has 15 nitrogen and oxygen atoms in total. The fraction of sp³-hybridized carbons (Fsp3) is 0.739. The van der Waals surface area contributed by atoms with Crippen LogP contribution in [0.15, 0.2) is 11.8 Å². The summed E-state index contributed by atoms with van der Waals surface area (Å²) >= 11 is 4.52. The molecule has 0 aromatic heterocycles. The maximum Gasteiger partial charge on any atom is 0.351 e. The Balaban J connectivity index is 2.50. The van der Waals surface area contributed by atoms with Crippen LogP contribution in [-0.4, -0.2) is 136 Å². The summed E-state index contributed by atoms with van der Waals surface area (Å²) in [6, 6.07) is -1.42. The zero-order valence-electron chi connectivity index (χ0n) is 22.1. The lowest BCUT2D eigenvalue weighted by Gasteiger charge is -2.41. The zero-order valence-corrected chi connectivity index (χ0v) is 23.8. The standard InChI is InChI=1S/C23H39N3O12S2/c1-14(28)26-19-15(29)11-23(22(34)35,38-21(19)20(33)16(30)12-27)40-13-18(32)25-5-7-37-9-8-36-6-4-24-17(31)3-2-10-39/h11,16,19-21,27,29-30,33,39H,2-10,12-13H2,1H3,(H,24,31)(H,25,32)(H,26,28)(H,34,35)/t16-,19-,20-,21?,23?/m1/s1. The van der Waals surface area contributed by atoms with E-state index >= 15 is 0 Å². The van der Waals surface area contributed by atoms with Gasteiger partial charge >= 0.3 is 5.97 Å². The molecular formula is C23H39N3O12S2. The zero-order chi connectivity index (χ0) is 30.1. The molecular weight excluding hydrogens is 574 g/mol. The van der Waals surface area contributed by atoms with E-state index < -0.39 is 65.2 Å². The van der Waals surface area contributed by atoms with Crippen LogP contribution in [0.4, 0.5) is 0 Å². The number of thioether (sulfide) groups is 1. The number of rotatable bonds is 20. The number of aliphatic hydroxyl groups excluding tert-OH is 4. The molecule has 40 heavy (non-hydrogen) atoms. The number of amides is 3. The van der Waals surface area contributed by atoms with Gasteiger partial charge in [0, 0.05) is 32.5 Å². The molecule has 0 aromatic rings. The quantitative estimate of drug-likeness (QED) is 0.0513. The smallest absolute Gasteiger partial charge is 0.351 e. The van der Waals surface area contributed by atoms with Crippen molar-refractivity contribution in [2.24, 2.45) is 0 Å². The maximum atomic E-state index is 12.3. The summed E-state index contributed by atoms with van der Waals surface area (Å²) in [5.74, 6) is -3.36. The number of carbonyl (C=O) groups is 4. The largest absolute Gasteiger partial charge is 0.510 e. The third-order valence-corrected chi connectivity index (χ3v) is 6.90. The number of carboxylic acids is 1. The van der Waals surface area contributed by atoms with Crippen LogP contribution >= 0.6 is 24.4 Å². The lowest BCUT2D eigenvalue weighted by molar-refractivity contribution is -0.173. The number of ether oxygens (including phenoxy) is 3. The van der Waals surface area contributed by atoms with Crippen LogP contribution < -0.4 is 16.0 Å². The van der Waals surface area contributed by atoms with Crippen molar-refractivity contribution >= 4 is 48.1 Å². The lowest BCUT2D eigenvalue weighted by atomic mass is 9.95. The van der Waals surface area contributed by atoms with Gasteiger partial charge in [-0.05, 0) is 12.2 Å². The number of hydrogen-bond donors (Lipinski definition) is 9. The first kappa shape index (κ1) is 35.9. The first-order chi connectivity index (χ1) is 19.0. The van der Waals surface area contributed by atoms with Crippen LogP contribution in [0.3, 0.4) is 0 Å². The van der Waals surface area contributed by atoms with Crippen LogP contribution in [-0.2, 0) is 33.4 Å². The van der Waals surface area contributed by atoms with E-state index in [1.807, 2.05) is 0 Å². The highest BCUT2D eigenvalue weighted by Gasteiger charge is 2.51. The molecule has 1 rings (SSSR count). The van der Waals surface area contributed by atoms with Crippen molar-refractivity contribution in [1.82, 2.24) is 16.0 Å². The molecule has 2 unspecified atom stereocenters. The van der Waals surface area contributed by atoms with Gasteiger partial charge in [0.15, 0.2) is 0 Å². The summed E-state index contributed by atoms with van der Waals surface area (Å²) in [4.78, 5) is 45.0. The van der Waals surface area contributed by atoms with Crippen LogP contribution in [0.5, 0.6) is 0 Å². The number of hydrogen-bond acceptors (Lipinski definition) is 13. The van der Waals surface area contributed by atoms with Crippen molar-refractivity contribution in [3.05, 3.63) is 11.8 Å². The van der Waals surface area contributed by atoms with Gasteiger partial charge in [0.2, 0.25) is 22.7 Å². The van der Waals surface area contributed by atoms with E-state index in [0.717, 1.165) is 13.0 Å². The lowest BCUT2D eigenvalue weighted by Crippen LogP contribution is -2.60. The Morgan fingerprint density at radius 3 is 2.23 bits per heavy atom. The van der Waals surface area contributed by atoms with Crippen molar-refractivity contribution in [2.45, 2.75) is 49.1 Å². The van der Waals surface area contributed by atoms with Gasteiger partial charge in [-0.3, -0.25) is 14.4 Å². The normalized spacial score (nSPS) is 22.1. The first-order valence-electron chi connectivity index (χ1n) is 12.5. The van der Waals surface area contributed by atoms with Gasteiger partial charge in [-0.2, -0.15) is 12.6 Å². The molecule has 0 fully saturated rings. The summed E-state index contributed by atoms with van der Waals surface area (Å²) in [6.45, 7) is 1.69. The predicted molar refractivity (Wildman–Crippen MR) is 146 cm³/mol. The molecule has 0 spiro atoms. The Labute approximate surface area is 241 Å². The van der Waals surface area contributed by atoms with Gasteiger partial charge in [0.1, 0.15) is 30.1 Å². The van der Waals surface area contributed by atoms with Gasteiger partial charge in [-0.25, -0.2) is 4.79 Å². The Morgan fingerprint density at radius 1 is 1.10 bits per heavy atom. The van der Waals surface area contributed by atoms with Crippen molar-refractivity contribution in [3.63, 3.8) is 0 Å². The second kappa shape index (κ2) is 19.1. The first-order valence-corrected chi connectivity index (χ1v) is 14.1. The van der Waals surface area contributed by atoms with E-state index in [4.69, 9.17) is 14.2 Å². The Bertz CT molecular complexity index is 865. The van der Waals surface area contributed by atoms with Gasteiger partial charge in [0.25, 0.3) is 0 Å². The van der Waals surface area contributed by atoms with E-state index in [9.17, 15) is 44.7 Å². The molecule has 3 amide bonds. The molecule has 230 valence electrons. The highest BCUT2D eigenvalue weighted by Crippen LogP contribution is 2.38. The van der Waals surface area contributed by atoms with Gasteiger partial charge < -0.3 is 55.7 Å².